The number of rotatable bonds is 11. The number of benzene rings is 1. The average Bonchev–Trinajstić information content (AvgIpc) is 3.43. The number of carbonyl (C=O) groups is 4. The predicted octanol–water partition coefficient (Wildman–Crippen LogP) is 6.80. The van der Waals surface area contributed by atoms with Crippen LogP contribution in [0.4, 0.5) is 9.59 Å². The zero-order valence-electron chi connectivity index (χ0n) is 33.2. The summed E-state index contributed by atoms with van der Waals surface area (Å²) in [5.74, 6) is -1.04. The van der Waals surface area contributed by atoms with Crippen LogP contribution in [0, 0.1) is 5.41 Å². The first kappa shape index (κ1) is 42.1. The lowest BCUT2D eigenvalue weighted by atomic mass is 9.80. The summed E-state index contributed by atoms with van der Waals surface area (Å²) in [7, 11) is -0.402. The number of hydrogen-bond acceptors (Lipinski definition) is 9. The minimum absolute atomic E-state index is 0.00160. The molecule has 1 aromatic carbocycles. The van der Waals surface area contributed by atoms with Gasteiger partial charge in [-0.25, -0.2) is 14.4 Å². The number of hydrogen-bond donors (Lipinski definition) is 2. The topological polar surface area (TPSA) is 142 Å². The molecule has 51 heavy (non-hydrogen) atoms. The maximum atomic E-state index is 14.3. The largest absolute Gasteiger partial charge is 0.459 e. The first-order valence-corrected chi connectivity index (χ1v) is 18.1. The van der Waals surface area contributed by atoms with Crippen molar-refractivity contribution < 1.29 is 42.7 Å². The van der Waals surface area contributed by atoms with Crippen molar-refractivity contribution in [1.29, 1.82) is 0 Å². The van der Waals surface area contributed by atoms with Gasteiger partial charge in [0.1, 0.15) is 29.4 Å². The van der Waals surface area contributed by atoms with Crippen molar-refractivity contribution in [1.82, 2.24) is 15.5 Å². The van der Waals surface area contributed by atoms with E-state index in [1.54, 1.807) is 41.5 Å². The predicted molar refractivity (Wildman–Crippen MR) is 196 cm³/mol. The Balaban J connectivity index is 1.90. The van der Waals surface area contributed by atoms with Gasteiger partial charge in [0, 0.05) is 19.0 Å². The number of nitrogens with zero attached hydrogens (tertiary/aromatic N) is 1. The van der Waals surface area contributed by atoms with Crippen LogP contribution in [-0.2, 0) is 39.7 Å². The Morgan fingerprint density at radius 3 is 1.98 bits per heavy atom. The summed E-state index contributed by atoms with van der Waals surface area (Å²) in [6.45, 7) is 24.0. The zero-order valence-corrected chi connectivity index (χ0v) is 33.2. The summed E-state index contributed by atoms with van der Waals surface area (Å²) in [5.41, 5.74) is -3.87. The van der Waals surface area contributed by atoms with E-state index in [0.717, 1.165) is 5.56 Å². The molecule has 0 aromatic heterocycles. The molecule has 2 aliphatic rings. The molecule has 2 aliphatic heterocycles. The van der Waals surface area contributed by atoms with E-state index in [4.69, 9.17) is 23.5 Å². The summed E-state index contributed by atoms with van der Waals surface area (Å²) in [5, 5.41) is 5.75. The molecule has 1 aromatic rings. The number of ether oxygens (including phenoxy) is 3. The van der Waals surface area contributed by atoms with Crippen LogP contribution in [0.5, 0.6) is 0 Å². The first-order chi connectivity index (χ1) is 23.2. The van der Waals surface area contributed by atoms with E-state index in [9.17, 15) is 19.2 Å². The lowest BCUT2D eigenvalue weighted by Crippen LogP contribution is -2.56. The number of amides is 3. The molecule has 13 heteroatoms. The van der Waals surface area contributed by atoms with Crippen LogP contribution in [0.15, 0.2) is 30.3 Å². The molecule has 3 rings (SSSR count). The highest BCUT2D eigenvalue weighted by Gasteiger charge is 2.56. The third kappa shape index (κ3) is 11.6. The van der Waals surface area contributed by atoms with Crippen molar-refractivity contribution in [3.63, 3.8) is 0 Å². The van der Waals surface area contributed by atoms with Crippen LogP contribution in [-0.4, -0.2) is 82.7 Å². The second-order valence-electron chi connectivity index (χ2n) is 18.0. The van der Waals surface area contributed by atoms with E-state index < -0.39 is 76.6 Å². The molecule has 0 bridgehead atoms. The lowest BCUT2D eigenvalue weighted by Gasteiger charge is -2.37. The lowest BCUT2D eigenvalue weighted by molar-refractivity contribution is -0.158. The molecule has 2 fully saturated rings. The van der Waals surface area contributed by atoms with Gasteiger partial charge in [-0.2, -0.15) is 0 Å². The number of carbonyl (C=O) groups excluding carboxylic acids is 4. The first-order valence-electron chi connectivity index (χ1n) is 18.1. The minimum atomic E-state index is -1.44. The molecule has 0 spiro atoms. The van der Waals surface area contributed by atoms with Gasteiger partial charge < -0.3 is 34.2 Å². The van der Waals surface area contributed by atoms with Crippen molar-refractivity contribution in [2.24, 2.45) is 5.41 Å². The molecular weight excluding hydrogens is 653 g/mol. The second-order valence-corrected chi connectivity index (χ2v) is 18.0. The fourth-order valence-electron chi connectivity index (χ4n) is 6.23. The molecule has 0 unspecified atom stereocenters. The molecule has 2 heterocycles. The van der Waals surface area contributed by atoms with E-state index in [0.29, 0.717) is 19.2 Å². The van der Waals surface area contributed by atoms with Crippen LogP contribution < -0.4 is 10.6 Å². The maximum absolute atomic E-state index is 14.3. The zero-order chi connectivity index (χ0) is 38.6. The highest BCUT2D eigenvalue weighted by Crippen LogP contribution is 2.40. The highest BCUT2D eigenvalue weighted by atomic mass is 16.7. The van der Waals surface area contributed by atoms with Crippen LogP contribution in [0.1, 0.15) is 121 Å². The van der Waals surface area contributed by atoms with Gasteiger partial charge in [0.05, 0.1) is 11.2 Å². The normalized spacial score (nSPS) is 22.3. The summed E-state index contributed by atoms with van der Waals surface area (Å²) in [6.07, 6.45) is 0.723. The SMILES string of the molecule is CC(C)(C)OC(=O)N[C@H](C(=O)N[C@H]1CN(C(=O)OC(C)(C)C)[C@@](CCCCB2OC(C)(C)C(C)(C)O2)(C(=O)OCc2ccccc2)C1)C(C)(C)C. The van der Waals surface area contributed by atoms with Gasteiger partial charge in [-0.1, -0.05) is 63.9 Å². The second kappa shape index (κ2) is 15.7. The van der Waals surface area contributed by atoms with Crippen molar-refractivity contribution in [3.8, 4) is 0 Å². The third-order valence-electron chi connectivity index (χ3n) is 9.43. The Kier molecular flexibility index (Phi) is 13.0. The monoisotopic (exact) mass is 715 g/mol. The van der Waals surface area contributed by atoms with Gasteiger partial charge in [0.15, 0.2) is 0 Å². The van der Waals surface area contributed by atoms with Crippen LogP contribution >= 0.6 is 0 Å². The summed E-state index contributed by atoms with van der Waals surface area (Å²) in [6, 6.07) is 7.70. The van der Waals surface area contributed by atoms with Gasteiger partial charge in [0.2, 0.25) is 5.91 Å². The van der Waals surface area contributed by atoms with E-state index in [1.807, 2.05) is 78.8 Å². The van der Waals surface area contributed by atoms with Crippen molar-refractivity contribution >= 4 is 31.2 Å². The molecule has 2 saturated heterocycles. The van der Waals surface area contributed by atoms with Gasteiger partial charge >= 0.3 is 25.3 Å². The molecule has 3 amide bonds. The van der Waals surface area contributed by atoms with Crippen molar-refractivity contribution in [2.75, 3.05) is 6.54 Å². The van der Waals surface area contributed by atoms with E-state index in [2.05, 4.69) is 10.6 Å². The molecule has 286 valence electrons. The molecule has 12 nitrogen and oxygen atoms in total. The fraction of sp³-hybridized carbons (Fsp3) is 0.737. The molecule has 0 aliphatic carbocycles. The molecular formula is C38H62BN3O9. The van der Waals surface area contributed by atoms with Gasteiger partial charge in [0.25, 0.3) is 0 Å². The Morgan fingerprint density at radius 2 is 1.45 bits per heavy atom. The summed E-state index contributed by atoms with van der Waals surface area (Å²) < 4.78 is 29.6. The summed E-state index contributed by atoms with van der Waals surface area (Å²) in [4.78, 5) is 56.3. The van der Waals surface area contributed by atoms with E-state index >= 15 is 0 Å². The Hall–Kier alpha value is -3.32. The third-order valence-corrected chi connectivity index (χ3v) is 9.43. The van der Waals surface area contributed by atoms with E-state index in [-0.39, 0.29) is 26.0 Å². The van der Waals surface area contributed by atoms with Gasteiger partial charge in [-0.3, -0.25) is 9.69 Å². The number of likely N-dealkylation sites (tertiary alicyclic amines) is 1. The van der Waals surface area contributed by atoms with Crippen LogP contribution in [0.25, 0.3) is 0 Å². The maximum Gasteiger partial charge on any atom is 0.457 e. The Labute approximate surface area is 305 Å². The molecule has 3 atom stereocenters. The molecule has 0 radical (unpaired) electrons. The smallest absolute Gasteiger partial charge is 0.457 e. The van der Waals surface area contributed by atoms with Gasteiger partial charge in [-0.15, -0.1) is 0 Å². The fourth-order valence-corrected chi connectivity index (χ4v) is 6.23. The van der Waals surface area contributed by atoms with Crippen LogP contribution in [0.3, 0.4) is 0 Å². The number of nitrogens with one attached hydrogen (secondary N) is 2. The molecule has 2 N–H and O–H groups in total. The number of alkyl carbamates (subject to hydrolysis) is 1. The summed E-state index contributed by atoms with van der Waals surface area (Å²) >= 11 is 0. The molecule has 0 saturated carbocycles. The quantitative estimate of drug-likeness (QED) is 0.110. The average molecular weight is 716 g/mol. The number of esters is 1. The number of unbranched alkanes of at least 4 members (excludes halogenated alkanes) is 1. The van der Waals surface area contributed by atoms with Crippen molar-refractivity contribution in [3.05, 3.63) is 35.9 Å². The van der Waals surface area contributed by atoms with E-state index in [1.165, 1.54) is 4.90 Å². The Bertz CT molecular complexity index is 1370. The Morgan fingerprint density at radius 1 is 0.882 bits per heavy atom. The van der Waals surface area contributed by atoms with Crippen LogP contribution in [0.2, 0.25) is 6.32 Å². The highest BCUT2D eigenvalue weighted by molar-refractivity contribution is 6.45. The van der Waals surface area contributed by atoms with Gasteiger partial charge in [-0.05, 0) is 93.0 Å². The minimum Gasteiger partial charge on any atom is -0.459 e. The van der Waals surface area contributed by atoms with Crippen molar-refractivity contribution in [2.45, 2.75) is 169 Å². The standard InChI is InChI=1S/C38H62BN3O9/c1-33(2,3)28(41-31(45)48-34(4,5)6)29(43)40-27-23-38(42(24-27)32(46)49-35(7,8)9,30(44)47-25-26-19-15-14-16-20-26)21-17-18-22-39-50-36(10,11)37(12,13)51-39/h14-16,19-20,27-28H,17-18,21-25H2,1-13H3,(H,40,43)(H,41,45)/t27-,28-,38-/m1/s1.